The molecular formula is C18H41NO. The van der Waals surface area contributed by atoms with Gasteiger partial charge in [0.2, 0.25) is 0 Å². The Kier molecular flexibility index (Phi) is 23.6. The summed E-state index contributed by atoms with van der Waals surface area (Å²) in [5.41, 5.74) is 0. The van der Waals surface area contributed by atoms with Crippen LogP contribution in [0.4, 0.5) is 0 Å². The number of quaternary nitrogens is 1. The summed E-state index contributed by atoms with van der Waals surface area (Å²) in [6, 6.07) is 0. The second-order valence-electron chi connectivity index (χ2n) is 6.43. The second kappa shape index (κ2) is 21.2. The zero-order chi connectivity index (χ0) is 15.5. The van der Waals surface area contributed by atoms with Crippen LogP contribution in [-0.2, 0) is 0 Å². The zero-order valence-corrected chi connectivity index (χ0v) is 14.6. The molecule has 2 nitrogen and oxygen atoms in total. The fraction of sp³-hybridized carbons (Fsp3) is 1.00. The Hall–Kier alpha value is -0.0800. The summed E-state index contributed by atoms with van der Waals surface area (Å²) in [6.45, 7) is 6.96. The highest BCUT2D eigenvalue weighted by Gasteiger charge is 1.95. The predicted octanol–water partition coefficient (Wildman–Crippen LogP) is 5.85. The van der Waals surface area contributed by atoms with Crippen molar-refractivity contribution in [2.45, 2.75) is 111 Å². The van der Waals surface area contributed by atoms with Crippen LogP contribution in [0.25, 0.3) is 0 Å². The molecule has 0 fully saturated rings. The predicted molar refractivity (Wildman–Crippen MR) is 91.4 cm³/mol. The molecule has 0 aromatic carbocycles. The second-order valence-corrected chi connectivity index (χ2v) is 6.43. The van der Waals surface area contributed by atoms with Crippen molar-refractivity contribution in [2.75, 3.05) is 0 Å². The van der Waals surface area contributed by atoms with Crippen LogP contribution in [-0.4, -0.2) is 0 Å². The largest absolute Gasteiger partial charge is 0.637 e. The van der Waals surface area contributed by atoms with Gasteiger partial charge in [-0.25, -0.2) is 0 Å². The number of unbranched alkanes of at least 4 members (excludes halogenated alkanes) is 12. The summed E-state index contributed by atoms with van der Waals surface area (Å²) in [5, 5.41) is 8.00. The molecule has 20 heavy (non-hydrogen) atoms. The average molecular weight is 288 g/mol. The van der Waals surface area contributed by atoms with Crippen molar-refractivity contribution in [1.82, 2.24) is 0 Å². The number of rotatable bonds is 14. The maximum Gasteiger partial charge on any atom is -0.0471 e. The highest BCUT2D eigenvalue weighted by atomic mass is 16.4. The van der Waals surface area contributed by atoms with Crippen LogP contribution in [0.15, 0.2) is 0 Å². The highest BCUT2D eigenvalue weighted by molar-refractivity contribution is 4.50. The van der Waals surface area contributed by atoms with Crippen molar-refractivity contribution in [1.29, 1.82) is 0 Å². The van der Waals surface area contributed by atoms with Gasteiger partial charge in [-0.1, -0.05) is 111 Å². The van der Waals surface area contributed by atoms with E-state index in [0.29, 0.717) is 0 Å². The lowest BCUT2D eigenvalue weighted by atomic mass is 10.0. The summed E-state index contributed by atoms with van der Waals surface area (Å²) in [5.74, 6) is 2.90. The van der Waals surface area contributed by atoms with Gasteiger partial charge < -0.3 is 11.1 Å². The summed E-state index contributed by atoms with van der Waals surface area (Å²) < 4.78 is 0. The molecular weight excluding hydrogens is 246 g/mol. The fourth-order valence-corrected chi connectivity index (χ4v) is 2.57. The summed E-state index contributed by atoms with van der Waals surface area (Å²) in [6.07, 6.45) is 20.5. The van der Waals surface area contributed by atoms with Crippen LogP contribution >= 0.6 is 0 Å². The highest BCUT2D eigenvalue weighted by Crippen LogP contribution is 2.14. The fourth-order valence-electron chi connectivity index (χ4n) is 2.57. The van der Waals surface area contributed by atoms with Crippen molar-refractivity contribution >= 4 is 0 Å². The van der Waals surface area contributed by atoms with E-state index in [4.69, 9.17) is 5.21 Å². The minimum atomic E-state index is 0.901. The van der Waals surface area contributed by atoms with Crippen molar-refractivity contribution in [3.63, 3.8) is 0 Å². The topological polar surface area (TPSA) is 50.7 Å². The molecule has 0 aliphatic heterocycles. The summed E-state index contributed by atoms with van der Waals surface area (Å²) in [7, 11) is 0. The first-order chi connectivity index (χ1) is 9.77. The molecule has 0 unspecified atom stereocenters. The molecule has 0 aliphatic rings. The van der Waals surface area contributed by atoms with Gasteiger partial charge in [-0.2, -0.15) is 0 Å². The van der Waals surface area contributed by atoms with Crippen molar-refractivity contribution < 1.29 is 5.90 Å². The third kappa shape index (κ3) is 23.0. The Morgan fingerprint density at radius 3 is 1.20 bits per heavy atom. The molecule has 0 spiro atoms. The van der Waals surface area contributed by atoms with Gasteiger partial charge in [-0.05, 0) is 5.92 Å². The standard InChI is InChI=1S/C18H38.H3NO/c1-4-5-6-7-8-9-10-11-12-13-14-15-16-17-18(2)3;1-2/h18H,4-17H2,1-3H3;1H3. The first-order valence-corrected chi connectivity index (χ1v) is 9.06. The van der Waals surface area contributed by atoms with E-state index >= 15 is 0 Å². The van der Waals surface area contributed by atoms with E-state index in [2.05, 4.69) is 20.8 Å². The molecule has 0 saturated carbocycles. The Balaban J connectivity index is 0. The Bertz CT molecular complexity index is 148. The van der Waals surface area contributed by atoms with Gasteiger partial charge in [0.1, 0.15) is 0 Å². The lowest BCUT2D eigenvalue weighted by molar-refractivity contribution is -0.275. The molecule has 0 heterocycles. The molecule has 0 aromatic heterocycles. The molecule has 124 valence electrons. The van der Waals surface area contributed by atoms with E-state index in [1.807, 2.05) is 5.90 Å². The van der Waals surface area contributed by atoms with Crippen molar-refractivity contribution in [2.24, 2.45) is 5.92 Å². The maximum absolute atomic E-state index is 8.00. The van der Waals surface area contributed by atoms with E-state index < -0.39 is 0 Å². The molecule has 0 aromatic rings. The minimum absolute atomic E-state index is 0.901. The van der Waals surface area contributed by atoms with Gasteiger partial charge >= 0.3 is 0 Å². The molecule has 0 aliphatic carbocycles. The van der Waals surface area contributed by atoms with Crippen LogP contribution in [0.2, 0.25) is 0 Å². The summed E-state index contributed by atoms with van der Waals surface area (Å²) >= 11 is 0. The Morgan fingerprint density at radius 2 is 0.900 bits per heavy atom. The van der Waals surface area contributed by atoms with Crippen molar-refractivity contribution in [3.8, 4) is 0 Å². The Morgan fingerprint density at radius 1 is 0.600 bits per heavy atom. The molecule has 0 bridgehead atoms. The lowest BCUT2D eigenvalue weighted by Gasteiger charge is -2.04. The van der Waals surface area contributed by atoms with Gasteiger partial charge in [-0.3, -0.25) is 0 Å². The van der Waals surface area contributed by atoms with E-state index in [1.165, 1.54) is 89.9 Å². The van der Waals surface area contributed by atoms with Crippen LogP contribution in [0.1, 0.15) is 111 Å². The molecule has 0 radical (unpaired) electrons. The lowest BCUT2D eigenvalue weighted by Crippen LogP contribution is -2.37. The molecule has 2 heteroatoms. The quantitative estimate of drug-likeness (QED) is 0.316. The normalized spacial score (nSPS) is 10.5. The first-order valence-electron chi connectivity index (χ1n) is 9.06. The smallest absolute Gasteiger partial charge is 0.0471 e. The van der Waals surface area contributed by atoms with Gasteiger partial charge in [0.15, 0.2) is 0 Å². The van der Waals surface area contributed by atoms with E-state index in [1.54, 1.807) is 0 Å². The van der Waals surface area contributed by atoms with Gasteiger partial charge in [-0.15, -0.1) is 0 Å². The van der Waals surface area contributed by atoms with E-state index in [0.717, 1.165) is 5.92 Å². The van der Waals surface area contributed by atoms with E-state index in [-0.39, 0.29) is 0 Å². The zero-order valence-electron chi connectivity index (χ0n) is 14.6. The Labute approximate surface area is 128 Å². The maximum atomic E-state index is 8.00. The van der Waals surface area contributed by atoms with Gasteiger partial charge in [0, 0.05) is 0 Å². The molecule has 0 rings (SSSR count). The summed E-state index contributed by atoms with van der Waals surface area (Å²) in [4.78, 5) is 0. The van der Waals surface area contributed by atoms with Crippen LogP contribution < -0.4 is 5.90 Å². The molecule has 0 saturated heterocycles. The van der Waals surface area contributed by atoms with Crippen LogP contribution in [0, 0.1) is 11.1 Å². The van der Waals surface area contributed by atoms with Crippen LogP contribution in [0.5, 0.6) is 0 Å². The molecule has 0 amide bonds. The third-order valence-corrected chi connectivity index (χ3v) is 3.89. The minimum Gasteiger partial charge on any atom is -0.637 e. The van der Waals surface area contributed by atoms with Gasteiger partial charge in [0.25, 0.3) is 0 Å². The monoisotopic (exact) mass is 287 g/mol. The van der Waals surface area contributed by atoms with Crippen molar-refractivity contribution in [3.05, 3.63) is 5.21 Å². The first kappa shape index (κ1) is 22.2. The molecule has 0 atom stereocenters. The SMILES string of the molecule is CCCCCCCCCCCCCCCC(C)C.[NH3+][O-]. The molecule has 3 N–H and O–H groups in total. The number of hydrogen-bond donors (Lipinski definition) is 1. The number of hydrogen-bond acceptors (Lipinski definition) is 1. The third-order valence-electron chi connectivity index (χ3n) is 3.89. The van der Waals surface area contributed by atoms with Gasteiger partial charge in [0.05, 0.1) is 0 Å². The van der Waals surface area contributed by atoms with E-state index in [9.17, 15) is 0 Å². The average Bonchev–Trinajstić information content (AvgIpc) is 2.46. The van der Waals surface area contributed by atoms with Crippen LogP contribution in [0.3, 0.4) is 0 Å².